The van der Waals surface area contributed by atoms with Crippen LogP contribution >= 0.6 is 0 Å². The molecule has 0 radical (unpaired) electrons. The summed E-state index contributed by atoms with van der Waals surface area (Å²) in [6.07, 6.45) is 1.07. The fourth-order valence-corrected chi connectivity index (χ4v) is 1.58. The quantitative estimate of drug-likeness (QED) is 0.635. The molecule has 0 atom stereocenters. The van der Waals surface area contributed by atoms with Crippen molar-refractivity contribution >= 4 is 5.76 Å². The molecule has 1 aromatic carbocycles. The lowest BCUT2D eigenvalue weighted by Crippen LogP contribution is -1.86. The number of aryl methyl sites for hydroxylation is 1. The van der Waals surface area contributed by atoms with Gasteiger partial charge in [0.1, 0.15) is 5.76 Å². The number of hydrogen-bond donors (Lipinski definition) is 0. The van der Waals surface area contributed by atoms with Crippen LogP contribution in [0.2, 0.25) is 0 Å². The monoisotopic (exact) mass is 174 g/mol. The first-order valence-electron chi connectivity index (χ1n) is 4.67. The van der Waals surface area contributed by atoms with Gasteiger partial charge in [0.15, 0.2) is 0 Å². The fraction of sp³-hybridized carbons (Fsp3) is 0.333. The minimum Gasteiger partial charge on any atom is -0.493 e. The highest BCUT2D eigenvalue weighted by molar-refractivity contribution is 5.64. The summed E-state index contributed by atoms with van der Waals surface area (Å²) < 4.78 is 5.57. The third-order valence-electron chi connectivity index (χ3n) is 2.42. The van der Waals surface area contributed by atoms with Crippen molar-refractivity contribution in [3.63, 3.8) is 0 Å². The molecule has 0 saturated heterocycles. The molecule has 0 spiro atoms. The average molecular weight is 174 g/mol. The number of benzene rings is 1. The van der Waals surface area contributed by atoms with E-state index in [2.05, 4.69) is 38.1 Å². The maximum absolute atomic E-state index is 5.57. The lowest BCUT2D eigenvalue weighted by atomic mass is 10.1. The van der Waals surface area contributed by atoms with Crippen molar-refractivity contribution in [3.8, 4) is 0 Å². The van der Waals surface area contributed by atoms with Crippen molar-refractivity contribution < 1.29 is 4.74 Å². The summed E-state index contributed by atoms with van der Waals surface area (Å²) in [7, 11) is 0. The minimum atomic E-state index is 0.842. The molecule has 0 amide bonds. The van der Waals surface area contributed by atoms with Gasteiger partial charge in [-0.15, -0.1) is 0 Å². The molecule has 68 valence electrons. The lowest BCUT2D eigenvalue weighted by Gasteiger charge is -2.04. The van der Waals surface area contributed by atoms with E-state index in [1.54, 1.807) is 0 Å². The summed E-state index contributed by atoms with van der Waals surface area (Å²) in [5.41, 5.74) is 3.87. The highest BCUT2D eigenvalue weighted by atomic mass is 16.5. The molecule has 0 N–H and O–H groups in total. The van der Waals surface area contributed by atoms with Gasteiger partial charge in [-0.3, -0.25) is 0 Å². The Bertz CT molecular complexity index is 333. The Kier molecular flexibility index (Phi) is 2.09. The van der Waals surface area contributed by atoms with Crippen LogP contribution in [0, 0.1) is 6.92 Å². The smallest absolute Gasteiger partial charge is 0.125 e. The Morgan fingerprint density at radius 3 is 2.31 bits per heavy atom. The zero-order chi connectivity index (χ0) is 9.26. The molecule has 1 aliphatic rings. The van der Waals surface area contributed by atoms with Gasteiger partial charge in [0, 0.05) is 12.0 Å². The van der Waals surface area contributed by atoms with Crippen LogP contribution in [0.15, 0.2) is 29.8 Å². The van der Waals surface area contributed by atoms with E-state index in [-0.39, 0.29) is 0 Å². The molecular weight excluding hydrogens is 160 g/mol. The van der Waals surface area contributed by atoms with Gasteiger partial charge in [-0.25, -0.2) is 0 Å². The molecule has 1 heterocycles. The molecule has 0 saturated carbocycles. The first-order chi connectivity index (χ1) is 6.27. The molecule has 0 unspecified atom stereocenters. The first-order valence-corrected chi connectivity index (χ1v) is 4.67. The molecule has 0 aliphatic carbocycles. The summed E-state index contributed by atoms with van der Waals surface area (Å²) in [6, 6.07) is 8.49. The summed E-state index contributed by atoms with van der Waals surface area (Å²) in [5, 5.41) is 0. The number of ether oxygens (including phenoxy) is 1. The topological polar surface area (TPSA) is 9.23 Å². The maximum Gasteiger partial charge on any atom is 0.125 e. The molecule has 0 aromatic heterocycles. The molecule has 1 heteroatoms. The van der Waals surface area contributed by atoms with Crippen LogP contribution in [0.5, 0.6) is 0 Å². The molecule has 1 aliphatic heterocycles. The van der Waals surface area contributed by atoms with Crippen molar-refractivity contribution in [1.29, 1.82) is 0 Å². The van der Waals surface area contributed by atoms with E-state index in [0.29, 0.717) is 0 Å². The van der Waals surface area contributed by atoms with Gasteiger partial charge < -0.3 is 4.74 Å². The summed E-state index contributed by atoms with van der Waals surface area (Å²) >= 11 is 0. The lowest BCUT2D eigenvalue weighted by molar-refractivity contribution is 0.307. The highest BCUT2D eigenvalue weighted by Crippen LogP contribution is 2.27. The Morgan fingerprint density at radius 1 is 1.08 bits per heavy atom. The van der Waals surface area contributed by atoms with E-state index >= 15 is 0 Å². The third-order valence-corrected chi connectivity index (χ3v) is 2.42. The van der Waals surface area contributed by atoms with Gasteiger partial charge in [0.05, 0.1) is 6.61 Å². The Labute approximate surface area is 79.0 Å². The zero-order valence-corrected chi connectivity index (χ0v) is 8.13. The Hall–Kier alpha value is -1.24. The van der Waals surface area contributed by atoms with Gasteiger partial charge in [-0.1, -0.05) is 29.8 Å². The van der Waals surface area contributed by atoms with Crippen LogP contribution in [0.4, 0.5) is 0 Å². The summed E-state index contributed by atoms with van der Waals surface area (Å²) in [4.78, 5) is 0. The van der Waals surface area contributed by atoms with Crippen LogP contribution in [0.3, 0.4) is 0 Å². The first kappa shape index (κ1) is 8.36. The van der Waals surface area contributed by atoms with Crippen LogP contribution < -0.4 is 0 Å². The molecular formula is C12H14O. The zero-order valence-electron chi connectivity index (χ0n) is 8.13. The van der Waals surface area contributed by atoms with Gasteiger partial charge in [0.25, 0.3) is 0 Å². The maximum atomic E-state index is 5.57. The molecule has 1 nitrogen and oxygen atoms in total. The van der Waals surface area contributed by atoms with Gasteiger partial charge in [-0.2, -0.15) is 0 Å². The van der Waals surface area contributed by atoms with Crippen LogP contribution in [-0.4, -0.2) is 6.61 Å². The largest absolute Gasteiger partial charge is 0.493 e. The van der Waals surface area contributed by atoms with Gasteiger partial charge in [0.2, 0.25) is 0 Å². The van der Waals surface area contributed by atoms with E-state index in [0.717, 1.165) is 18.8 Å². The van der Waals surface area contributed by atoms with Crippen molar-refractivity contribution in [3.05, 3.63) is 41.0 Å². The predicted molar refractivity (Wildman–Crippen MR) is 54.3 cm³/mol. The number of hydrogen-bond acceptors (Lipinski definition) is 1. The normalized spacial score (nSPS) is 16.2. The van der Waals surface area contributed by atoms with E-state index in [1.165, 1.54) is 16.7 Å². The van der Waals surface area contributed by atoms with E-state index in [4.69, 9.17) is 4.74 Å². The standard InChI is InChI=1S/C12H14O/c1-9-3-5-11(6-4-9)12-10(2)7-8-13-12/h3-6H,7-8H2,1-2H3. The molecule has 2 rings (SSSR count). The summed E-state index contributed by atoms with van der Waals surface area (Å²) in [6.45, 7) is 5.08. The molecule has 13 heavy (non-hydrogen) atoms. The van der Waals surface area contributed by atoms with Crippen LogP contribution in [0.25, 0.3) is 5.76 Å². The Balaban J connectivity index is 2.36. The van der Waals surface area contributed by atoms with Crippen molar-refractivity contribution in [2.45, 2.75) is 20.3 Å². The van der Waals surface area contributed by atoms with Gasteiger partial charge in [-0.05, 0) is 19.4 Å². The molecule has 1 aromatic rings. The van der Waals surface area contributed by atoms with Crippen molar-refractivity contribution in [1.82, 2.24) is 0 Å². The van der Waals surface area contributed by atoms with Gasteiger partial charge >= 0.3 is 0 Å². The second-order valence-corrected chi connectivity index (χ2v) is 3.57. The second-order valence-electron chi connectivity index (χ2n) is 3.57. The second kappa shape index (κ2) is 3.25. The third kappa shape index (κ3) is 1.59. The van der Waals surface area contributed by atoms with Crippen LogP contribution in [-0.2, 0) is 4.74 Å². The molecule has 0 bridgehead atoms. The average Bonchev–Trinajstić information content (AvgIpc) is 2.53. The molecule has 0 fully saturated rings. The van der Waals surface area contributed by atoms with Crippen molar-refractivity contribution in [2.75, 3.05) is 6.61 Å². The van der Waals surface area contributed by atoms with Crippen molar-refractivity contribution in [2.24, 2.45) is 0 Å². The van der Waals surface area contributed by atoms with E-state index < -0.39 is 0 Å². The van der Waals surface area contributed by atoms with Crippen LogP contribution in [0.1, 0.15) is 24.5 Å². The predicted octanol–water partition coefficient (Wildman–Crippen LogP) is 3.15. The van der Waals surface area contributed by atoms with E-state index in [9.17, 15) is 0 Å². The summed E-state index contributed by atoms with van der Waals surface area (Å²) in [5.74, 6) is 1.08. The number of rotatable bonds is 1. The van der Waals surface area contributed by atoms with E-state index in [1.807, 2.05) is 0 Å². The Morgan fingerprint density at radius 2 is 1.77 bits per heavy atom. The minimum absolute atomic E-state index is 0.842. The highest BCUT2D eigenvalue weighted by Gasteiger charge is 2.13. The fourth-order valence-electron chi connectivity index (χ4n) is 1.58. The SMILES string of the molecule is CC1=C(c2ccc(C)cc2)OCC1.